The molecule has 0 spiro atoms. The maximum atomic E-state index is 12.8. The highest BCUT2D eigenvalue weighted by Crippen LogP contribution is 2.16. The monoisotopic (exact) mass is 373 g/mol. The van der Waals surface area contributed by atoms with E-state index in [-0.39, 0.29) is 5.91 Å². The Hall–Kier alpha value is -3.67. The summed E-state index contributed by atoms with van der Waals surface area (Å²) in [7, 11) is 0. The fourth-order valence-corrected chi connectivity index (χ4v) is 2.90. The summed E-state index contributed by atoms with van der Waals surface area (Å²) in [6.07, 6.45) is 1.96. The Morgan fingerprint density at radius 1 is 0.929 bits per heavy atom. The van der Waals surface area contributed by atoms with Crippen LogP contribution in [0.3, 0.4) is 0 Å². The molecule has 4 aromatic rings. The van der Waals surface area contributed by atoms with Crippen molar-refractivity contribution >= 4 is 5.91 Å². The van der Waals surface area contributed by atoms with Gasteiger partial charge in [-0.2, -0.15) is 4.98 Å². The van der Waals surface area contributed by atoms with Crippen molar-refractivity contribution < 1.29 is 13.7 Å². The second-order valence-electron chi connectivity index (χ2n) is 6.32. The van der Waals surface area contributed by atoms with Crippen molar-refractivity contribution in [1.82, 2.24) is 15.0 Å². The molecule has 2 aromatic carbocycles. The largest absolute Gasteiger partial charge is 0.459 e. The molecule has 4 rings (SSSR count). The normalized spacial score (nSPS) is 10.7. The first-order valence-electron chi connectivity index (χ1n) is 9.04. The van der Waals surface area contributed by atoms with Gasteiger partial charge in [-0.05, 0) is 17.7 Å². The first kappa shape index (κ1) is 17.7. The van der Waals surface area contributed by atoms with Crippen LogP contribution in [-0.2, 0) is 13.0 Å². The molecule has 1 amide bonds. The van der Waals surface area contributed by atoms with Crippen molar-refractivity contribution in [3.05, 3.63) is 96.3 Å². The van der Waals surface area contributed by atoms with E-state index in [1.807, 2.05) is 60.7 Å². The van der Waals surface area contributed by atoms with Crippen LogP contribution < -0.4 is 0 Å². The number of furan rings is 1. The number of rotatable bonds is 7. The van der Waals surface area contributed by atoms with E-state index in [9.17, 15) is 4.79 Å². The van der Waals surface area contributed by atoms with Gasteiger partial charge in [0.05, 0.1) is 6.26 Å². The number of amides is 1. The third kappa shape index (κ3) is 4.17. The van der Waals surface area contributed by atoms with Crippen molar-refractivity contribution in [2.45, 2.75) is 13.0 Å². The molecule has 0 atom stereocenters. The lowest BCUT2D eigenvalue weighted by Crippen LogP contribution is -2.32. The highest BCUT2D eigenvalue weighted by molar-refractivity contribution is 5.91. The van der Waals surface area contributed by atoms with E-state index in [0.29, 0.717) is 37.0 Å². The summed E-state index contributed by atoms with van der Waals surface area (Å²) in [5.74, 6) is 1.18. The molecule has 0 saturated carbocycles. The van der Waals surface area contributed by atoms with Crippen molar-refractivity contribution in [2.24, 2.45) is 0 Å². The summed E-state index contributed by atoms with van der Waals surface area (Å²) >= 11 is 0. The Bertz CT molecular complexity index is 1010. The molecule has 0 N–H and O–H groups in total. The van der Waals surface area contributed by atoms with Crippen molar-refractivity contribution in [2.75, 3.05) is 6.54 Å². The quantitative estimate of drug-likeness (QED) is 0.485. The van der Waals surface area contributed by atoms with Gasteiger partial charge in [0.15, 0.2) is 5.76 Å². The number of carbonyl (C=O) groups is 1. The molecule has 0 saturated heterocycles. The van der Waals surface area contributed by atoms with Crippen LogP contribution in [0, 0.1) is 0 Å². The predicted molar refractivity (Wildman–Crippen MR) is 103 cm³/mol. The van der Waals surface area contributed by atoms with Gasteiger partial charge in [-0.1, -0.05) is 65.8 Å². The van der Waals surface area contributed by atoms with Crippen LogP contribution in [0.2, 0.25) is 0 Å². The molecule has 0 radical (unpaired) electrons. The zero-order chi connectivity index (χ0) is 19.2. The maximum absolute atomic E-state index is 12.8. The zero-order valence-electron chi connectivity index (χ0n) is 15.2. The molecule has 0 aliphatic heterocycles. The van der Waals surface area contributed by atoms with Gasteiger partial charge in [0.1, 0.15) is 0 Å². The Morgan fingerprint density at radius 2 is 1.68 bits per heavy atom. The van der Waals surface area contributed by atoms with Crippen LogP contribution in [0.1, 0.15) is 22.0 Å². The van der Waals surface area contributed by atoms with E-state index >= 15 is 0 Å². The van der Waals surface area contributed by atoms with E-state index in [4.69, 9.17) is 8.94 Å². The van der Waals surface area contributed by atoms with Gasteiger partial charge < -0.3 is 13.8 Å². The number of carbonyl (C=O) groups excluding carboxylic acids is 1. The summed E-state index contributed by atoms with van der Waals surface area (Å²) in [6, 6.07) is 22.9. The van der Waals surface area contributed by atoms with Gasteiger partial charge in [-0.15, -0.1) is 0 Å². The molecule has 0 bridgehead atoms. The van der Waals surface area contributed by atoms with Gasteiger partial charge in [-0.25, -0.2) is 0 Å². The zero-order valence-corrected chi connectivity index (χ0v) is 15.2. The smallest absolute Gasteiger partial charge is 0.289 e. The third-order valence-electron chi connectivity index (χ3n) is 4.33. The number of hydrogen-bond donors (Lipinski definition) is 0. The molecule has 140 valence electrons. The molecule has 2 heterocycles. The molecular formula is C22H19N3O3. The fraction of sp³-hybridized carbons (Fsp3) is 0.136. The summed E-state index contributed by atoms with van der Waals surface area (Å²) in [5.41, 5.74) is 1.93. The average molecular weight is 373 g/mol. The highest BCUT2D eigenvalue weighted by Gasteiger charge is 2.20. The van der Waals surface area contributed by atoms with Crippen LogP contribution in [0.4, 0.5) is 0 Å². The average Bonchev–Trinajstić information content (AvgIpc) is 3.44. The van der Waals surface area contributed by atoms with Gasteiger partial charge in [0, 0.05) is 25.1 Å². The Labute approximate surface area is 162 Å². The molecule has 0 fully saturated rings. The third-order valence-corrected chi connectivity index (χ3v) is 4.33. The van der Waals surface area contributed by atoms with Crippen molar-refractivity contribution in [3.8, 4) is 11.4 Å². The second-order valence-corrected chi connectivity index (χ2v) is 6.32. The summed E-state index contributed by atoms with van der Waals surface area (Å²) in [6.45, 7) is 0.908. The minimum absolute atomic E-state index is 0.170. The van der Waals surface area contributed by atoms with Crippen molar-refractivity contribution in [1.29, 1.82) is 0 Å². The van der Waals surface area contributed by atoms with Gasteiger partial charge >= 0.3 is 0 Å². The maximum Gasteiger partial charge on any atom is 0.289 e. The molecule has 2 aromatic heterocycles. The molecule has 0 aliphatic rings. The minimum Gasteiger partial charge on any atom is -0.459 e. The van der Waals surface area contributed by atoms with E-state index in [0.717, 1.165) is 11.1 Å². The minimum atomic E-state index is -0.170. The van der Waals surface area contributed by atoms with Crippen LogP contribution in [-0.4, -0.2) is 27.5 Å². The first-order chi connectivity index (χ1) is 13.8. The Balaban J connectivity index is 1.48. The lowest BCUT2D eigenvalue weighted by molar-refractivity contribution is 0.0709. The number of benzene rings is 2. The number of aromatic nitrogens is 2. The molecule has 6 nitrogen and oxygen atoms in total. The van der Waals surface area contributed by atoms with E-state index in [2.05, 4.69) is 10.1 Å². The SMILES string of the molecule is O=C(c1ccco1)N(CCc1nc(-c2ccccc2)no1)Cc1ccccc1. The van der Waals surface area contributed by atoms with E-state index in [1.54, 1.807) is 17.0 Å². The van der Waals surface area contributed by atoms with Gasteiger partial charge in [0.2, 0.25) is 11.7 Å². The molecule has 0 aliphatic carbocycles. The molecule has 28 heavy (non-hydrogen) atoms. The Morgan fingerprint density at radius 3 is 2.39 bits per heavy atom. The predicted octanol–water partition coefficient (Wildman–Crippen LogP) is 4.21. The van der Waals surface area contributed by atoms with Crippen LogP contribution in [0.5, 0.6) is 0 Å². The Kier molecular flexibility index (Phi) is 5.29. The fourth-order valence-electron chi connectivity index (χ4n) is 2.90. The molecule has 6 heteroatoms. The summed E-state index contributed by atoms with van der Waals surface area (Å²) in [4.78, 5) is 19.0. The van der Waals surface area contributed by atoms with Gasteiger partial charge in [-0.3, -0.25) is 4.79 Å². The molecular weight excluding hydrogens is 354 g/mol. The summed E-state index contributed by atoms with van der Waals surface area (Å²) in [5, 5.41) is 4.04. The first-order valence-corrected chi connectivity index (χ1v) is 9.04. The van der Waals surface area contributed by atoms with Crippen LogP contribution in [0.15, 0.2) is 88.0 Å². The van der Waals surface area contributed by atoms with E-state index in [1.165, 1.54) is 6.26 Å². The van der Waals surface area contributed by atoms with Crippen molar-refractivity contribution in [3.63, 3.8) is 0 Å². The number of hydrogen-bond acceptors (Lipinski definition) is 5. The lowest BCUT2D eigenvalue weighted by Gasteiger charge is -2.21. The van der Waals surface area contributed by atoms with Crippen LogP contribution >= 0.6 is 0 Å². The van der Waals surface area contributed by atoms with Gasteiger partial charge in [0.25, 0.3) is 5.91 Å². The summed E-state index contributed by atoms with van der Waals surface area (Å²) < 4.78 is 10.7. The molecule has 0 unspecified atom stereocenters. The van der Waals surface area contributed by atoms with Crippen LogP contribution in [0.25, 0.3) is 11.4 Å². The van der Waals surface area contributed by atoms with E-state index < -0.39 is 0 Å². The number of nitrogens with zero attached hydrogens (tertiary/aromatic N) is 3. The lowest BCUT2D eigenvalue weighted by atomic mass is 10.2. The second kappa shape index (κ2) is 8.35. The highest BCUT2D eigenvalue weighted by atomic mass is 16.5. The topological polar surface area (TPSA) is 72.4 Å². The standard InChI is InChI=1S/C22H19N3O3/c26-22(19-12-7-15-27-19)25(16-17-8-3-1-4-9-17)14-13-20-23-21(24-28-20)18-10-5-2-6-11-18/h1-12,15H,13-14,16H2.